The van der Waals surface area contributed by atoms with Gasteiger partial charge in [-0.1, -0.05) is 17.7 Å². The van der Waals surface area contributed by atoms with E-state index < -0.39 is 0 Å². The van der Waals surface area contributed by atoms with E-state index in [4.69, 9.17) is 5.73 Å². The average molecular weight is 213 g/mol. The first-order chi connectivity index (χ1) is 7.65. The van der Waals surface area contributed by atoms with Crippen molar-refractivity contribution in [1.82, 2.24) is 4.98 Å². The Kier molecular flexibility index (Phi) is 2.77. The van der Waals surface area contributed by atoms with Crippen LogP contribution in [0.4, 0.5) is 17.2 Å². The molecule has 1 aromatic heterocycles. The van der Waals surface area contributed by atoms with Gasteiger partial charge in [0, 0.05) is 5.69 Å². The molecule has 0 radical (unpaired) electrons. The van der Waals surface area contributed by atoms with Gasteiger partial charge in [-0.25, -0.2) is 4.98 Å². The number of hydrogen-bond donors (Lipinski definition) is 2. The van der Waals surface area contributed by atoms with Crippen LogP contribution in [0.25, 0.3) is 0 Å². The van der Waals surface area contributed by atoms with E-state index >= 15 is 0 Å². The van der Waals surface area contributed by atoms with Gasteiger partial charge in [0.1, 0.15) is 5.82 Å². The number of aryl methyl sites for hydroxylation is 2. The molecule has 1 aromatic carbocycles. The average Bonchev–Trinajstić information content (AvgIpc) is 2.25. The van der Waals surface area contributed by atoms with Gasteiger partial charge in [0.2, 0.25) is 0 Å². The number of rotatable bonds is 2. The summed E-state index contributed by atoms with van der Waals surface area (Å²) in [5.41, 5.74) is 9.79. The summed E-state index contributed by atoms with van der Waals surface area (Å²) in [6.07, 6.45) is 1.64. The summed E-state index contributed by atoms with van der Waals surface area (Å²) in [6.45, 7) is 4.16. The largest absolute Gasteiger partial charge is 0.397 e. The third kappa shape index (κ3) is 2.31. The predicted octanol–water partition coefficient (Wildman–Crippen LogP) is 3.02. The number of nitrogens with one attached hydrogen (secondary N) is 1. The van der Waals surface area contributed by atoms with Gasteiger partial charge in [-0.3, -0.25) is 0 Å². The Morgan fingerprint density at radius 1 is 1.12 bits per heavy atom. The van der Waals surface area contributed by atoms with E-state index in [2.05, 4.69) is 42.3 Å². The number of pyridine rings is 1. The van der Waals surface area contributed by atoms with Crippen molar-refractivity contribution >= 4 is 17.2 Å². The maximum atomic E-state index is 5.58. The molecule has 82 valence electrons. The van der Waals surface area contributed by atoms with Crippen LogP contribution in [0.15, 0.2) is 36.5 Å². The summed E-state index contributed by atoms with van der Waals surface area (Å²) >= 11 is 0. The van der Waals surface area contributed by atoms with Gasteiger partial charge in [-0.15, -0.1) is 0 Å². The topological polar surface area (TPSA) is 50.9 Å². The second kappa shape index (κ2) is 4.23. The lowest BCUT2D eigenvalue weighted by atomic mass is 10.1. The second-order valence-electron chi connectivity index (χ2n) is 3.92. The fraction of sp³-hybridized carbons (Fsp3) is 0.154. The van der Waals surface area contributed by atoms with Crippen molar-refractivity contribution in [1.29, 1.82) is 0 Å². The highest BCUT2D eigenvalue weighted by Gasteiger charge is 1.99. The molecule has 2 aromatic rings. The Morgan fingerprint density at radius 3 is 2.56 bits per heavy atom. The van der Waals surface area contributed by atoms with Gasteiger partial charge in [-0.2, -0.15) is 0 Å². The zero-order valence-corrected chi connectivity index (χ0v) is 9.49. The molecule has 3 N–H and O–H groups in total. The quantitative estimate of drug-likeness (QED) is 0.806. The molecule has 3 nitrogen and oxygen atoms in total. The molecule has 1 heterocycles. The highest BCUT2D eigenvalue weighted by Crippen LogP contribution is 2.20. The van der Waals surface area contributed by atoms with Crippen LogP contribution in [0.2, 0.25) is 0 Å². The van der Waals surface area contributed by atoms with Gasteiger partial charge in [0.15, 0.2) is 0 Å². The fourth-order valence-corrected chi connectivity index (χ4v) is 1.57. The van der Waals surface area contributed by atoms with Crippen molar-refractivity contribution in [3.05, 3.63) is 47.7 Å². The molecule has 0 atom stereocenters. The van der Waals surface area contributed by atoms with E-state index in [1.807, 2.05) is 12.1 Å². The van der Waals surface area contributed by atoms with Gasteiger partial charge in [0.05, 0.1) is 11.9 Å². The zero-order chi connectivity index (χ0) is 11.5. The van der Waals surface area contributed by atoms with Crippen LogP contribution in [0, 0.1) is 13.8 Å². The first-order valence-corrected chi connectivity index (χ1v) is 5.21. The minimum Gasteiger partial charge on any atom is -0.397 e. The molecule has 3 heteroatoms. The zero-order valence-electron chi connectivity index (χ0n) is 9.49. The minimum absolute atomic E-state index is 0.672. The Balaban J connectivity index is 2.23. The second-order valence-corrected chi connectivity index (χ2v) is 3.92. The first-order valence-electron chi connectivity index (χ1n) is 5.21. The fourth-order valence-electron chi connectivity index (χ4n) is 1.57. The van der Waals surface area contributed by atoms with Crippen LogP contribution >= 0.6 is 0 Å². The molecule has 0 fully saturated rings. The molecular formula is C13H15N3. The Hall–Kier alpha value is -2.03. The molecule has 0 unspecified atom stereocenters. The number of nitrogens with zero attached hydrogens (tertiary/aromatic N) is 1. The van der Waals surface area contributed by atoms with Crippen molar-refractivity contribution in [3.63, 3.8) is 0 Å². The van der Waals surface area contributed by atoms with E-state index in [0.29, 0.717) is 5.69 Å². The third-order valence-corrected chi connectivity index (χ3v) is 2.43. The van der Waals surface area contributed by atoms with Crippen LogP contribution in [0.3, 0.4) is 0 Å². The molecule has 0 aliphatic rings. The lowest BCUT2D eigenvalue weighted by Gasteiger charge is -2.09. The lowest BCUT2D eigenvalue weighted by Crippen LogP contribution is -1.96. The first kappa shape index (κ1) is 10.5. The maximum Gasteiger partial charge on any atom is 0.130 e. The summed E-state index contributed by atoms with van der Waals surface area (Å²) < 4.78 is 0. The van der Waals surface area contributed by atoms with Gasteiger partial charge in [0.25, 0.3) is 0 Å². The van der Waals surface area contributed by atoms with Crippen molar-refractivity contribution in [2.75, 3.05) is 11.1 Å². The molecular weight excluding hydrogens is 198 g/mol. The van der Waals surface area contributed by atoms with Gasteiger partial charge < -0.3 is 11.1 Å². The van der Waals surface area contributed by atoms with E-state index in [-0.39, 0.29) is 0 Å². The normalized spacial score (nSPS) is 10.1. The molecule has 0 aliphatic carbocycles. The summed E-state index contributed by atoms with van der Waals surface area (Å²) in [6, 6.07) is 9.97. The van der Waals surface area contributed by atoms with Gasteiger partial charge in [-0.05, 0) is 37.6 Å². The Bertz CT molecular complexity index is 489. The number of anilines is 3. The van der Waals surface area contributed by atoms with Gasteiger partial charge >= 0.3 is 0 Å². The number of benzene rings is 1. The molecule has 0 saturated carbocycles. The maximum absolute atomic E-state index is 5.58. The monoisotopic (exact) mass is 213 g/mol. The molecule has 0 amide bonds. The van der Waals surface area contributed by atoms with E-state index in [1.165, 1.54) is 11.1 Å². The van der Waals surface area contributed by atoms with Crippen molar-refractivity contribution in [2.24, 2.45) is 0 Å². The number of nitrogens with two attached hydrogens (primary N) is 1. The summed E-state index contributed by atoms with van der Waals surface area (Å²) in [7, 11) is 0. The smallest absolute Gasteiger partial charge is 0.130 e. The van der Waals surface area contributed by atoms with Crippen LogP contribution in [0.5, 0.6) is 0 Å². The van der Waals surface area contributed by atoms with Crippen LogP contribution < -0.4 is 11.1 Å². The standard InChI is InChI=1S/C13H15N3/c1-9-3-5-12(10(2)7-9)16-13-6-4-11(14)8-15-13/h3-8H,14H2,1-2H3,(H,15,16). The molecule has 0 bridgehead atoms. The minimum atomic E-state index is 0.672. The molecule has 16 heavy (non-hydrogen) atoms. The van der Waals surface area contributed by atoms with E-state index in [9.17, 15) is 0 Å². The third-order valence-electron chi connectivity index (χ3n) is 2.43. The van der Waals surface area contributed by atoms with Crippen LogP contribution in [-0.4, -0.2) is 4.98 Å². The van der Waals surface area contributed by atoms with Crippen molar-refractivity contribution in [2.45, 2.75) is 13.8 Å². The Morgan fingerprint density at radius 2 is 1.94 bits per heavy atom. The highest BCUT2D eigenvalue weighted by atomic mass is 15.0. The molecule has 0 spiro atoms. The van der Waals surface area contributed by atoms with Crippen molar-refractivity contribution < 1.29 is 0 Å². The summed E-state index contributed by atoms with van der Waals surface area (Å²) in [5, 5.41) is 3.26. The highest BCUT2D eigenvalue weighted by molar-refractivity contribution is 5.61. The number of hydrogen-bond acceptors (Lipinski definition) is 3. The summed E-state index contributed by atoms with van der Waals surface area (Å²) in [5.74, 6) is 0.807. The van der Waals surface area contributed by atoms with E-state index in [0.717, 1.165) is 11.5 Å². The SMILES string of the molecule is Cc1ccc(Nc2ccc(N)cn2)c(C)c1. The summed E-state index contributed by atoms with van der Waals surface area (Å²) in [4.78, 5) is 4.20. The van der Waals surface area contributed by atoms with Crippen LogP contribution in [-0.2, 0) is 0 Å². The number of aromatic nitrogens is 1. The molecule has 0 saturated heterocycles. The van der Waals surface area contributed by atoms with Crippen molar-refractivity contribution in [3.8, 4) is 0 Å². The lowest BCUT2D eigenvalue weighted by molar-refractivity contribution is 1.29. The predicted molar refractivity (Wildman–Crippen MR) is 67.8 cm³/mol. The molecule has 0 aliphatic heterocycles. The molecule has 2 rings (SSSR count). The van der Waals surface area contributed by atoms with Crippen LogP contribution in [0.1, 0.15) is 11.1 Å². The Labute approximate surface area is 95.3 Å². The van der Waals surface area contributed by atoms with E-state index in [1.54, 1.807) is 6.20 Å². The number of nitrogen functional groups attached to an aromatic ring is 1.